The van der Waals surface area contributed by atoms with Crippen molar-refractivity contribution in [2.75, 3.05) is 0 Å². The fourth-order valence-corrected chi connectivity index (χ4v) is 2.30. The molecular formula is C13H11BrClFN2O. The molecule has 0 aliphatic rings. The van der Waals surface area contributed by atoms with Crippen LogP contribution in [0.25, 0.3) is 0 Å². The van der Waals surface area contributed by atoms with Crippen molar-refractivity contribution in [2.45, 2.75) is 20.4 Å². The summed E-state index contributed by atoms with van der Waals surface area (Å²) < 4.78 is 16.0. The minimum absolute atomic E-state index is 0.0438. The molecule has 0 aliphatic carbocycles. The smallest absolute Gasteiger partial charge is 0.291 e. The standard InChI is InChI=1S/C13H11BrClFN2O/c1-7-11(14)8(2)18(13(19)17-7)6-9-4-3-5-10(15)12(9)16/h3-5H,6H2,1-2H3. The number of rotatable bonds is 2. The van der Waals surface area contributed by atoms with Gasteiger partial charge in [-0.25, -0.2) is 9.18 Å². The molecule has 6 heteroatoms. The van der Waals surface area contributed by atoms with E-state index in [1.54, 1.807) is 26.0 Å². The maximum Gasteiger partial charge on any atom is 0.348 e. The first-order valence-corrected chi connectivity index (χ1v) is 6.75. The van der Waals surface area contributed by atoms with Crippen molar-refractivity contribution in [2.24, 2.45) is 0 Å². The van der Waals surface area contributed by atoms with Crippen LogP contribution in [0.4, 0.5) is 4.39 Å². The molecule has 2 aromatic rings. The van der Waals surface area contributed by atoms with Gasteiger partial charge in [0.15, 0.2) is 0 Å². The quantitative estimate of drug-likeness (QED) is 0.835. The van der Waals surface area contributed by atoms with E-state index in [0.29, 0.717) is 17.0 Å². The third-order valence-corrected chi connectivity index (χ3v) is 4.33. The van der Waals surface area contributed by atoms with Crippen molar-refractivity contribution < 1.29 is 4.39 Å². The Balaban J connectivity index is 2.53. The van der Waals surface area contributed by atoms with Crippen molar-refractivity contribution in [1.29, 1.82) is 0 Å². The number of halogens is 3. The minimum Gasteiger partial charge on any atom is -0.291 e. The van der Waals surface area contributed by atoms with E-state index in [1.807, 2.05) is 0 Å². The maximum absolute atomic E-state index is 13.9. The minimum atomic E-state index is -0.507. The lowest BCUT2D eigenvalue weighted by Gasteiger charge is -2.13. The summed E-state index contributed by atoms with van der Waals surface area (Å²) in [6, 6.07) is 4.72. The summed E-state index contributed by atoms with van der Waals surface area (Å²) in [4.78, 5) is 15.8. The number of hydrogen-bond donors (Lipinski definition) is 0. The van der Waals surface area contributed by atoms with Crippen LogP contribution in [0.5, 0.6) is 0 Å². The molecule has 0 unspecified atom stereocenters. The maximum atomic E-state index is 13.9. The highest BCUT2D eigenvalue weighted by atomic mass is 79.9. The van der Waals surface area contributed by atoms with E-state index in [-0.39, 0.29) is 11.6 Å². The van der Waals surface area contributed by atoms with Gasteiger partial charge in [0.2, 0.25) is 0 Å². The van der Waals surface area contributed by atoms with E-state index >= 15 is 0 Å². The van der Waals surface area contributed by atoms with Crippen LogP contribution in [0.1, 0.15) is 17.0 Å². The molecule has 0 atom stereocenters. The molecule has 0 N–H and O–H groups in total. The highest BCUT2D eigenvalue weighted by molar-refractivity contribution is 9.10. The van der Waals surface area contributed by atoms with E-state index in [0.717, 1.165) is 4.47 Å². The van der Waals surface area contributed by atoms with Gasteiger partial charge < -0.3 is 0 Å². The van der Waals surface area contributed by atoms with Crippen LogP contribution in [-0.2, 0) is 6.54 Å². The lowest BCUT2D eigenvalue weighted by molar-refractivity contribution is 0.588. The van der Waals surface area contributed by atoms with Crippen LogP contribution in [0.2, 0.25) is 5.02 Å². The summed E-state index contributed by atoms with van der Waals surface area (Å²) in [6.45, 7) is 3.62. The Labute approximate surface area is 123 Å². The zero-order valence-corrected chi connectivity index (χ0v) is 12.7. The number of aryl methyl sites for hydroxylation is 1. The van der Waals surface area contributed by atoms with Crippen molar-refractivity contribution in [3.63, 3.8) is 0 Å². The second-order valence-corrected chi connectivity index (χ2v) is 5.38. The van der Waals surface area contributed by atoms with Gasteiger partial charge in [-0.3, -0.25) is 4.57 Å². The van der Waals surface area contributed by atoms with E-state index in [4.69, 9.17) is 11.6 Å². The first-order chi connectivity index (χ1) is 8.91. The Kier molecular flexibility index (Phi) is 4.06. The van der Waals surface area contributed by atoms with Gasteiger partial charge in [-0.05, 0) is 35.8 Å². The average molecular weight is 346 g/mol. The number of aromatic nitrogens is 2. The van der Waals surface area contributed by atoms with Crippen LogP contribution >= 0.6 is 27.5 Å². The van der Waals surface area contributed by atoms with Crippen molar-refractivity contribution >= 4 is 27.5 Å². The van der Waals surface area contributed by atoms with E-state index in [1.165, 1.54) is 10.6 Å². The zero-order valence-electron chi connectivity index (χ0n) is 10.4. The molecule has 1 heterocycles. The van der Waals surface area contributed by atoms with Crippen LogP contribution in [0.15, 0.2) is 27.5 Å². The summed E-state index contributed by atoms with van der Waals surface area (Å²) in [5.41, 5.74) is 1.27. The van der Waals surface area contributed by atoms with Crippen LogP contribution in [-0.4, -0.2) is 9.55 Å². The first kappa shape index (κ1) is 14.2. The van der Waals surface area contributed by atoms with Crippen LogP contribution in [0, 0.1) is 19.7 Å². The molecule has 0 spiro atoms. The molecule has 0 saturated carbocycles. The Morgan fingerprint density at radius 1 is 1.42 bits per heavy atom. The molecule has 3 nitrogen and oxygen atoms in total. The number of hydrogen-bond acceptors (Lipinski definition) is 2. The van der Waals surface area contributed by atoms with Gasteiger partial charge in [-0.1, -0.05) is 23.7 Å². The summed E-state index contributed by atoms with van der Waals surface area (Å²) in [6.07, 6.45) is 0. The lowest BCUT2D eigenvalue weighted by Crippen LogP contribution is -2.27. The fourth-order valence-electron chi connectivity index (χ4n) is 1.80. The molecule has 0 amide bonds. The van der Waals surface area contributed by atoms with Gasteiger partial charge in [-0.2, -0.15) is 4.98 Å². The van der Waals surface area contributed by atoms with E-state index < -0.39 is 11.5 Å². The van der Waals surface area contributed by atoms with Gasteiger partial charge in [0.05, 0.1) is 21.7 Å². The van der Waals surface area contributed by atoms with Crippen molar-refractivity contribution in [3.05, 3.63) is 60.9 Å². The predicted molar refractivity (Wildman–Crippen MR) is 76.2 cm³/mol. The Morgan fingerprint density at radius 2 is 2.11 bits per heavy atom. The Morgan fingerprint density at radius 3 is 2.79 bits per heavy atom. The monoisotopic (exact) mass is 344 g/mol. The molecular weight excluding hydrogens is 335 g/mol. The second-order valence-electron chi connectivity index (χ2n) is 4.18. The van der Waals surface area contributed by atoms with Crippen LogP contribution < -0.4 is 5.69 Å². The zero-order chi connectivity index (χ0) is 14.2. The topological polar surface area (TPSA) is 34.9 Å². The molecule has 1 aromatic carbocycles. The summed E-state index contributed by atoms with van der Waals surface area (Å²) in [7, 11) is 0. The third-order valence-electron chi connectivity index (χ3n) is 2.89. The first-order valence-electron chi connectivity index (χ1n) is 5.58. The van der Waals surface area contributed by atoms with Gasteiger partial charge in [0.25, 0.3) is 0 Å². The summed E-state index contributed by atoms with van der Waals surface area (Å²) >= 11 is 9.10. The molecule has 0 saturated heterocycles. The second kappa shape index (κ2) is 5.43. The van der Waals surface area contributed by atoms with Gasteiger partial charge in [0.1, 0.15) is 5.82 Å². The van der Waals surface area contributed by atoms with E-state index in [9.17, 15) is 9.18 Å². The molecule has 2 rings (SSSR count). The largest absolute Gasteiger partial charge is 0.348 e. The number of nitrogens with zero attached hydrogens (tertiary/aromatic N) is 2. The SMILES string of the molecule is Cc1nc(=O)n(Cc2cccc(Cl)c2F)c(C)c1Br. The number of benzene rings is 1. The van der Waals surface area contributed by atoms with Gasteiger partial charge in [-0.15, -0.1) is 0 Å². The fraction of sp³-hybridized carbons (Fsp3) is 0.231. The summed E-state index contributed by atoms with van der Waals surface area (Å²) in [5, 5.41) is 0.0438. The summed E-state index contributed by atoms with van der Waals surface area (Å²) in [5.74, 6) is -0.507. The highest BCUT2D eigenvalue weighted by Gasteiger charge is 2.12. The average Bonchev–Trinajstić information content (AvgIpc) is 2.37. The Bertz CT molecular complexity index is 700. The normalized spacial score (nSPS) is 10.8. The molecule has 0 bridgehead atoms. The molecule has 19 heavy (non-hydrogen) atoms. The lowest BCUT2D eigenvalue weighted by atomic mass is 10.2. The van der Waals surface area contributed by atoms with Gasteiger partial charge >= 0.3 is 5.69 Å². The molecule has 1 aromatic heterocycles. The molecule has 0 fully saturated rings. The molecule has 100 valence electrons. The third kappa shape index (κ3) is 2.72. The van der Waals surface area contributed by atoms with Crippen molar-refractivity contribution in [1.82, 2.24) is 9.55 Å². The van der Waals surface area contributed by atoms with E-state index in [2.05, 4.69) is 20.9 Å². The predicted octanol–water partition coefficient (Wildman–Crippen LogP) is 3.46. The molecule has 0 aliphatic heterocycles. The van der Waals surface area contributed by atoms with Gasteiger partial charge in [0, 0.05) is 11.3 Å². The van der Waals surface area contributed by atoms with Crippen LogP contribution in [0.3, 0.4) is 0 Å². The molecule has 0 radical (unpaired) electrons. The highest BCUT2D eigenvalue weighted by Crippen LogP contribution is 2.21. The Hall–Kier alpha value is -1.20. The van der Waals surface area contributed by atoms with Crippen molar-refractivity contribution in [3.8, 4) is 0 Å².